The van der Waals surface area contributed by atoms with Gasteiger partial charge in [0.05, 0.1) is 17.2 Å². The highest BCUT2D eigenvalue weighted by atomic mass is 32.2. The Morgan fingerprint density at radius 3 is 2.18 bits per heavy atom. The van der Waals surface area contributed by atoms with Gasteiger partial charge in [0, 0.05) is 10.4 Å². The number of carbonyl (C=O) groups is 1. The van der Waals surface area contributed by atoms with Crippen LogP contribution in [-0.2, 0) is 14.8 Å². The Labute approximate surface area is 203 Å². The lowest BCUT2D eigenvalue weighted by Crippen LogP contribution is -2.50. The molecule has 0 saturated heterocycles. The van der Waals surface area contributed by atoms with Gasteiger partial charge < -0.3 is 10.1 Å². The Hall–Kier alpha value is -2.19. The Balaban J connectivity index is 2.46. The van der Waals surface area contributed by atoms with Crippen molar-refractivity contribution in [2.24, 2.45) is 5.41 Å². The Morgan fingerprint density at radius 1 is 1.03 bits per heavy atom. The van der Waals surface area contributed by atoms with Crippen molar-refractivity contribution in [2.75, 3.05) is 23.7 Å². The van der Waals surface area contributed by atoms with Crippen LogP contribution in [0.25, 0.3) is 0 Å². The highest BCUT2D eigenvalue weighted by Gasteiger charge is 2.32. The lowest BCUT2D eigenvalue weighted by Gasteiger charge is -2.34. The number of benzene rings is 2. The van der Waals surface area contributed by atoms with Crippen LogP contribution in [0.3, 0.4) is 0 Å². The number of carbonyl (C=O) groups excluding carboxylic acids is 1. The van der Waals surface area contributed by atoms with E-state index in [9.17, 15) is 13.2 Å². The number of nitrogens with one attached hydrogen (secondary N) is 1. The smallest absolute Gasteiger partial charge is 0.264 e. The number of hydrogen-bond donors (Lipinski definition) is 1. The molecule has 0 atom stereocenters. The van der Waals surface area contributed by atoms with Gasteiger partial charge in [0.25, 0.3) is 10.0 Å². The van der Waals surface area contributed by atoms with Gasteiger partial charge in [0.2, 0.25) is 5.91 Å². The highest BCUT2D eigenvalue weighted by molar-refractivity contribution is 7.98. The summed E-state index contributed by atoms with van der Waals surface area (Å²) >= 11 is 1.53. The number of amides is 1. The maximum atomic E-state index is 13.7. The topological polar surface area (TPSA) is 75.7 Å². The summed E-state index contributed by atoms with van der Waals surface area (Å²) in [4.78, 5) is 14.2. The number of anilines is 1. The molecule has 8 heteroatoms. The van der Waals surface area contributed by atoms with Crippen LogP contribution >= 0.6 is 11.8 Å². The first-order valence-electron chi connectivity index (χ1n) is 11.0. The lowest BCUT2D eigenvalue weighted by molar-refractivity contribution is -0.121. The van der Waals surface area contributed by atoms with Gasteiger partial charge in [0.15, 0.2) is 0 Å². The molecule has 1 amide bonds. The van der Waals surface area contributed by atoms with E-state index in [4.69, 9.17) is 4.74 Å². The summed E-state index contributed by atoms with van der Waals surface area (Å²) in [5.41, 5.74) is -0.162. The van der Waals surface area contributed by atoms with Gasteiger partial charge in [-0.3, -0.25) is 9.10 Å². The third-order valence-corrected chi connectivity index (χ3v) is 7.34. The summed E-state index contributed by atoms with van der Waals surface area (Å²) in [5.74, 6) is 0.0333. The Bertz CT molecular complexity index is 1040. The van der Waals surface area contributed by atoms with Crippen molar-refractivity contribution in [3.8, 4) is 5.75 Å². The fourth-order valence-corrected chi connectivity index (χ4v) is 5.87. The SMILES string of the molecule is CCOc1ccccc1N(CC(=O)NC(C)(C)CC(C)(C)C)S(=O)(=O)c1ccc(SC)cc1. The van der Waals surface area contributed by atoms with E-state index < -0.39 is 15.6 Å². The standard InChI is InChI=1S/C25H36N2O4S2/c1-8-31-22-12-10-9-11-21(22)27(17-23(28)26-25(5,6)18-24(2,3)4)33(29,30)20-15-13-19(32-7)14-16-20/h9-16H,8,17-18H2,1-7H3,(H,26,28). The van der Waals surface area contributed by atoms with Crippen LogP contribution in [-0.4, -0.2) is 39.3 Å². The molecule has 0 aliphatic heterocycles. The second-order valence-corrected chi connectivity index (χ2v) is 12.5. The molecular formula is C25H36N2O4S2. The van der Waals surface area contributed by atoms with E-state index in [1.54, 1.807) is 48.5 Å². The van der Waals surface area contributed by atoms with Crippen molar-refractivity contribution < 1.29 is 17.9 Å². The van der Waals surface area contributed by atoms with E-state index in [0.29, 0.717) is 18.0 Å². The first-order chi connectivity index (χ1) is 15.3. The first kappa shape index (κ1) is 27.1. The summed E-state index contributed by atoms with van der Waals surface area (Å²) in [6.07, 6.45) is 2.67. The number of para-hydroxylation sites is 2. The molecule has 0 saturated carbocycles. The second-order valence-electron chi connectivity index (χ2n) is 9.76. The van der Waals surface area contributed by atoms with Gasteiger partial charge in [-0.2, -0.15) is 0 Å². The predicted octanol–water partition coefficient (Wildman–Crippen LogP) is 5.33. The van der Waals surface area contributed by atoms with Crippen molar-refractivity contribution >= 4 is 33.4 Å². The molecule has 182 valence electrons. The maximum Gasteiger partial charge on any atom is 0.264 e. The average molecular weight is 493 g/mol. The molecule has 2 rings (SSSR count). The normalized spacial score (nSPS) is 12.3. The molecule has 0 aliphatic carbocycles. The van der Waals surface area contributed by atoms with Crippen LogP contribution in [0.1, 0.15) is 48.0 Å². The Kier molecular flexibility index (Phi) is 8.88. The molecule has 1 N–H and O–H groups in total. The van der Waals surface area contributed by atoms with Crippen LogP contribution in [0.5, 0.6) is 5.75 Å². The fraction of sp³-hybridized carbons (Fsp3) is 0.480. The van der Waals surface area contributed by atoms with Gasteiger partial charge in [-0.05, 0) is 75.3 Å². The van der Waals surface area contributed by atoms with Crippen molar-refractivity contribution in [2.45, 2.75) is 63.3 Å². The molecule has 0 aliphatic rings. The van der Waals surface area contributed by atoms with Crippen molar-refractivity contribution in [1.29, 1.82) is 0 Å². The van der Waals surface area contributed by atoms with Gasteiger partial charge in [0.1, 0.15) is 12.3 Å². The number of ether oxygens (including phenoxy) is 1. The van der Waals surface area contributed by atoms with Gasteiger partial charge in [-0.15, -0.1) is 11.8 Å². The fourth-order valence-electron chi connectivity index (χ4n) is 4.03. The zero-order valence-corrected chi connectivity index (χ0v) is 22.3. The molecule has 0 radical (unpaired) electrons. The van der Waals surface area contributed by atoms with Crippen molar-refractivity contribution in [1.82, 2.24) is 5.32 Å². The molecule has 0 spiro atoms. The number of hydrogen-bond acceptors (Lipinski definition) is 5. The van der Waals surface area contributed by atoms with Crippen LogP contribution in [0, 0.1) is 5.41 Å². The summed E-state index contributed by atoms with van der Waals surface area (Å²) in [7, 11) is -4.02. The number of thioether (sulfide) groups is 1. The Morgan fingerprint density at radius 2 is 1.64 bits per heavy atom. The third-order valence-electron chi connectivity index (χ3n) is 4.82. The first-order valence-corrected chi connectivity index (χ1v) is 13.7. The lowest BCUT2D eigenvalue weighted by atomic mass is 9.82. The van der Waals surface area contributed by atoms with E-state index >= 15 is 0 Å². The average Bonchev–Trinajstić information content (AvgIpc) is 2.70. The zero-order chi connectivity index (χ0) is 24.9. The monoisotopic (exact) mass is 492 g/mol. The van der Waals surface area contributed by atoms with E-state index in [1.807, 2.05) is 27.0 Å². The third kappa shape index (κ3) is 7.67. The number of sulfonamides is 1. The van der Waals surface area contributed by atoms with E-state index in [-0.39, 0.29) is 22.8 Å². The molecule has 0 heterocycles. The quantitative estimate of drug-likeness (QED) is 0.454. The van der Waals surface area contributed by atoms with Crippen LogP contribution in [0.4, 0.5) is 5.69 Å². The predicted molar refractivity (Wildman–Crippen MR) is 137 cm³/mol. The van der Waals surface area contributed by atoms with Crippen LogP contribution < -0.4 is 14.4 Å². The van der Waals surface area contributed by atoms with E-state index in [0.717, 1.165) is 15.6 Å². The zero-order valence-electron chi connectivity index (χ0n) is 20.6. The number of nitrogens with zero attached hydrogens (tertiary/aromatic N) is 1. The van der Waals surface area contributed by atoms with Gasteiger partial charge in [-0.25, -0.2) is 8.42 Å². The molecule has 0 unspecified atom stereocenters. The molecule has 2 aromatic carbocycles. The van der Waals surface area contributed by atoms with E-state index in [1.165, 1.54) is 11.8 Å². The maximum absolute atomic E-state index is 13.7. The molecule has 0 fully saturated rings. The van der Waals surface area contributed by atoms with E-state index in [2.05, 4.69) is 26.1 Å². The van der Waals surface area contributed by atoms with Crippen LogP contribution in [0.2, 0.25) is 0 Å². The summed E-state index contributed by atoms with van der Waals surface area (Å²) in [6, 6.07) is 13.5. The second kappa shape index (κ2) is 10.8. The summed E-state index contributed by atoms with van der Waals surface area (Å²) in [5, 5.41) is 3.02. The molecule has 2 aromatic rings. The molecule has 6 nitrogen and oxygen atoms in total. The largest absolute Gasteiger partial charge is 0.492 e. The van der Waals surface area contributed by atoms with Crippen molar-refractivity contribution in [3.63, 3.8) is 0 Å². The number of rotatable bonds is 10. The summed E-state index contributed by atoms with van der Waals surface area (Å²) in [6.45, 7) is 12.1. The molecule has 0 aromatic heterocycles. The molecular weight excluding hydrogens is 456 g/mol. The van der Waals surface area contributed by atoms with Crippen LogP contribution in [0.15, 0.2) is 58.3 Å². The minimum Gasteiger partial charge on any atom is -0.492 e. The van der Waals surface area contributed by atoms with Gasteiger partial charge in [-0.1, -0.05) is 32.9 Å². The minimum absolute atomic E-state index is 0.00312. The summed E-state index contributed by atoms with van der Waals surface area (Å²) < 4.78 is 34.2. The van der Waals surface area contributed by atoms with Gasteiger partial charge >= 0.3 is 0 Å². The molecule has 0 bridgehead atoms. The highest BCUT2D eigenvalue weighted by Crippen LogP contribution is 2.33. The molecule has 33 heavy (non-hydrogen) atoms. The minimum atomic E-state index is -4.02. The van der Waals surface area contributed by atoms with Crippen molar-refractivity contribution in [3.05, 3.63) is 48.5 Å².